The molecule has 0 amide bonds. The Bertz CT molecular complexity index is 179. The van der Waals surface area contributed by atoms with Gasteiger partial charge in [-0.1, -0.05) is 23.2 Å². The molecule has 1 rings (SSSR count). The first-order valence-corrected chi connectivity index (χ1v) is 4.57. The summed E-state index contributed by atoms with van der Waals surface area (Å²) in [6.45, 7) is 0. The minimum Gasteiger partial charge on any atom is -0.229 e. The largest absolute Gasteiger partial charge is 0.229 e. The van der Waals surface area contributed by atoms with Gasteiger partial charge in [0.2, 0.25) is 0 Å². The van der Waals surface area contributed by atoms with Crippen LogP contribution in [-0.2, 0) is 9.84 Å². The van der Waals surface area contributed by atoms with Crippen molar-refractivity contribution in [3.05, 3.63) is 0 Å². The van der Waals surface area contributed by atoms with Gasteiger partial charge in [-0.2, -0.15) is 0 Å². The van der Waals surface area contributed by atoms with Crippen LogP contribution < -0.4 is 0 Å². The average Bonchev–Trinajstić information content (AvgIpc) is 1.20. The van der Waals surface area contributed by atoms with Crippen LogP contribution in [0.3, 0.4) is 0 Å². The average molecular weight is 175 g/mol. The van der Waals surface area contributed by atoms with Crippen molar-refractivity contribution in [1.29, 1.82) is 0 Å². The quantitative estimate of drug-likeness (QED) is 0.505. The molecule has 1 aliphatic heterocycles. The van der Waals surface area contributed by atoms with Crippen molar-refractivity contribution in [3.63, 3.8) is 0 Å². The summed E-state index contributed by atoms with van der Waals surface area (Å²) in [4.78, 5) is 0. The van der Waals surface area contributed by atoms with Crippen LogP contribution >= 0.6 is 23.2 Å². The first kappa shape index (κ1) is 6.65. The van der Waals surface area contributed by atoms with Gasteiger partial charge >= 0.3 is 0 Å². The minimum absolute atomic E-state index is 0.0941. The molecule has 2 nitrogen and oxygen atoms in total. The molecule has 0 spiro atoms. The molecule has 5 heteroatoms. The highest BCUT2D eigenvalue weighted by Gasteiger charge is 2.45. The van der Waals surface area contributed by atoms with Crippen molar-refractivity contribution in [2.24, 2.45) is 0 Å². The summed E-state index contributed by atoms with van der Waals surface area (Å²) in [6, 6.07) is 0. The molecule has 0 unspecified atom stereocenters. The molecule has 0 saturated carbocycles. The third kappa shape index (κ3) is 1.27. The van der Waals surface area contributed by atoms with E-state index in [4.69, 9.17) is 23.2 Å². The Morgan fingerprint density at radius 2 is 1.62 bits per heavy atom. The molecule has 0 aromatic carbocycles. The summed E-state index contributed by atoms with van der Waals surface area (Å²) in [7, 11) is -2.85. The Morgan fingerprint density at radius 1 is 1.25 bits per heavy atom. The summed E-state index contributed by atoms with van der Waals surface area (Å²) in [6.07, 6.45) is 0. The van der Waals surface area contributed by atoms with E-state index in [2.05, 4.69) is 0 Å². The molecule has 1 aliphatic rings. The standard InChI is InChI=1S/C3H4Cl2O2S/c4-3(5)1-8(6,7)2-3/h1-2H2. The summed E-state index contributed by atoms with van der Waals surface area (Å²) >= 11 is 10.8. The third-order valence-corrected chi connectivity index (χ3v) is 3.90. The van der Waals surface area contributed by atoms with E-state index in [1.807, 2.05) is 0 Å². The highest BCUT2D eigenvalue weighted by atomic mass is 35.5. The fourth-order valence-electron chi connectivity index (χ4n) is 0.601. The van der Waals surface area contributed by atoms with Crippen LogP contribution in [0.2, 0.25) is 0 Å². The molecule has 1 fully saturated rings. The van der Waals surface area contributed by atoms with Crippen molar-refractivity contribution in [3.8, 4) is 0 Å². The maximum Gasteiger partial charge on any atom is 0.156 e. The highest BCUT2D eigenvalue weighted by Crippen LogP contribution is 2.34. The van der Waals surface area contributed by atoms with Gasteiger partial charge in [0.1, 0.15) is 4.33 Å². The SMILES string of the molecule is O=S1(=O)CC(Cl)(Cl)C1. The van der Waals surface area contributed by atoms with Crippen LogP contribution in [0.25, 0.3) is 0 Å². The monoisotopic (exact) mass is 174 g/mol. The Balaban J connectivity index is 2.68. The molecule has 0 aliphatic carbocycles. The highest BCUT2D eigenvalue weighted by molar-refractivity contribution is 7.93. The van der Waals surface area contributed by atoms with E-state index in [-0.39, 0.29) is 11.5 Å². The molecule has 1 saturated heterocycles. The molecule has 0 bridgehead atoms. The lowest BCUT2D eigenvalue weighted by Crippen LogP contribution is -2.45. The number of rotatable bonds is 0. The topological polar surface area (TPSA) is 34.1 Å². The number of alkyl halides is 2. The maximum absolute atomic E-state index is 10.3. The number of sulfone groups is 1. The Hall–Kier alpha value is 0.530. The lowest BCUT2D eigenvalue weighted by atomic mass is 10.5. The molecule has 0 N–H and O–H groups in total. The Morgan fingerprint density at radius 3 is 1.62 bits per heavy atom. The first-order chi connectivity index (χ1) is 3.41. The van der Waals surface area contributed by atoms with Crippen LogP contribution in [0.15, 0.2) is 0 Å². The molecule has 0 aromatic rings. The number of hydrogen-bond donors (Lipinski definition) is 0. The maximum atomic E-state index is 10.3. The minimum atomic E-state index is -2.85. The zero-order chi connectivity index (χ0) is 6.41. The first-order valence-electron chi connectivity index (χ1n) is 2.00. The van der Waals surface area contributed by atoms with Crippen LogP contribution in [-0.4, -0.2) is 24.3 Å². The van der Waals surface area contributed by atoms with Crippen molar-refractivity contribution in [2.45, 2.75) is 4.33 Å². The van der Waals surface area contributed by atoms with Crippen LogP contribution in [0.1, 0.15) is 0 Å². The van der Waals surface area contributed by atoms with Crippen molar-refractivity contribution in [2.75, 3.05) is 11.5 Å². The van der Waals surface area contributed by atoms with E-state index in [0.717, 1.165) is 0 Å². The van der Waals surface area contributed by atoms with E-state index in [0.29, 0.717) is 0 Å². The van der Waals surface area contributed by atoms with E-state index in [1.54, 1.807) is 0 Å². The summed E-state index contributed by atoms with van der Waals surface area (Å²) < 4.78 is 19.7. The van der Waals surface area contributed by atoms with Crippen LogP contribution in [0, 0.1) is 0 Å². The number of halogens is 2. The van der Waals surface area contributed by atoms with E-state index in [9.17, 15) is 8.42 Å². The van der Waals surface area contributed by atoms with Gasteiger partial charge in [-0.3, -0.25) is 0 Å². The lowest BCUT2D eigenvalue weighted by Gasteiger charge is -2.27. The summed E-state index contributed by atoms with van der Waals surface area (Å²) in [5, 5.41) is 0. The second kappa shape index (κ2) is 1.52. The molecule has 8 heavy (non-hydrogen) atoms. The molecule has 48 valence electrons. The Kier molecular flexibility index (Phi) is 1.26. The summed E-state index contributed by atoms with van der Waals surface area (Å²) in [5.74, 6) is -0.188. The van der Waals surface area contributed by atoms with Crippen LogP contribution in [0.5, 0.6) is 0 Å². The zero-order valence-electron chi connectivity index (χ0n) is 3.89. The normalized spacial score (nSPS) is 31.2. The van der Waals surface area contributed by atoms with Gasteiger partial charge in [-0.05, 0) is 0 Å². The van der Waals surface area contributed by atoms with Crippen molar-refractivity contribution < 1.29 is 8.42 Å². The molecule has 0 radical (unpaired) electrons. The van der Waals surface area contributed by atoms with Gasteiger partial charge in [0.15, 0.2) is 9.84 Å². The van der Waals surface area contributed by atoms with E-state index < -0.39 is 14.2 Å². The molecule has 0 atom stereocenters. The predicted molar refractivity (Wildman–Crippen MR) is 33.1 cm³/mol. The van der Waals surface area contributed by atoms with Gasteiger partial charge in [-0.25, -0.2) is 8.42 Å². The number of hydrogen-bond acceptors (Lipinski definition) is 2. The van der Waals surface area contributed by atoms with Gasteiger partial charge < -0.3 is 0 Å². The van der Waals surface area contributed by atoms with Crippen molar-refractivity contribution in [1.82, 2.24) is 0 Å². The third-order valence-electron chi connectivity index (χ3n) is 0.862. The second-order valence-corrected chi connectivity index (χ2v) is 5.59. The lowest BCUT2D eigenvalue weighted by molar-refractivity contribution is 0.575. The fourth-order valence-corrected chi connectivity index (χ4v) is 3.80. The molecular weight excluding hydrogens is 171 g/mol. The summed E-state index contributed by atoms with van der Waals surface area (Å²) in [5.41, 5.74) is 0. The zero-order valence-corrected chi connectivity index (χ0v) is 6.22. The predicted octanol–water partition coefficient (Wildman–Crippen LogP) is 0.589. The van der Waals surface area contributed by atoms with Gasteiger partial charge in [0, 0.05) is 0 Å². The van der Waals surface area contributed by atoms with E-state index in [1.165, 1.54) is 0 Å². The van der Waals surface area contributed by atoms with E-state index >= 15 is 0 Å². The van der Waals surface area contributed by atoms with Crippen LogP contribution in [0.4, 0.5) is 0 Å². The molecule has 1 heterocycles. The van der Waals surface area contributed by atoms with Gasteiger partial charge in [0.25, 0.3) is 0 Å². The Labute approximate surface area is 57.7 Å². The van der Waals surface area contributed by atoms with Gasteiger partial charge in [-0.15, -0.1) is 0 Å². The fraction of sp³-hybridized carbons (Fsp3) is 1.00. The second-order valence-electron chi connectivity index (χ2n) is 1.89. The molecular formula is C3H4Cl2O2S. The smallest absolute Gasteiger partial charge is 0.156 e. The van der Waals surface area contributed by atoms with Gasteiger partial charge in [0.05, 0.1) is 11.5 Å². The van der Waals surface area contributed by atoms with Crippen molar-refractivity contribution >= 4 is 33.0 Å². The molecule has 0 aromatic heterocycles.